The van der Waals surface area contributed by atoms with Crippen LogP contribution in [0.3, 0.4) is 0 Å². The number of carbonyl (C=O) groups excluding carboxylic acids is 1. The highest BCUT2D eigenvalue weighted by Gasteiger charge is 2.24. The molecule has 0 spiro atoms. The smallest absolute Gasteiger partial charge is 0.257 e. The molecule has 0 saturated carbocycles. The summed E-state index contributed by atoms with van der Waals surface area (Å²) < 4.78 is 0. The standard InChI is InChI=1S/C17H27N3O/c1-4-6-14-7-9-20(10-8-14)17(21)15-12-19-13(3)11-16(15)18-5-2/h11-12,14H,4-10H2,1-3H3,(H,18,19). The number of piperidine rings is 1. The summed E-state index contributed by atoms with van der Waals surface area (Å²) in [5, 5.41) is 3.28. The number of likely N-dealkylation sites (tertiary alicyclic amines) is 1. The molecule has 0 atom stereocenters. The van der Waals surface area contributed by atoms with E-state index in [1.54, 1.807) is 6.20 Å². The predicted molar refractivity (Wildman–Crippen MR) is 86.7 cm³/mol. The molecule has 0 aromatic carbocycles. The molecule has 1 fully saturated rings. The molecule has 4 heteroatoms. The second-order valence-electron chi connectivity index (χ2n) is 5.93. The molecular weight excluding hydrogens is 262 g/mol. The maximum atomic E-state index is 12.7. The molecule has 1 N–H and O–H groups in total. The van der Waals surface area contributed by atoms with E-state index in [2.05, 4.69) is 17.2 Å². The maximum absolute atomic E-state index is 12.7. The molecule has 1 aliphatic heterocycles. The zero-order valence-electron chi connectivity index (χ0n) is 13.5. The van der Waals surface area contributed by atoms with Crippen LogP contribution < -0.4 is 5.32 Å². The van der Waals surface area contributed by atoms with Crippen LogP contribution in [0.5, 0.6) is 0 Å². The second-order valence-corrected chi connectivity index (χ2v) is 5.93. The van der Waals surface area contributed by atoms with E-state index in [9.17, 15) is 4.79 Å². The third kappa shape index (κ3) is 3.96. The molecule has 4 nitrogen and oxygen atoms in total. The van der Waals surface area contributed by atoms with E-state index in [1.165, 1.54) is 12.8 Å². The Bertz CT molecular complexity index is 479. The molecule has 0 aliphatic carbocycles. The highest BCUT2D eigenvalue weighted by Crippen LogP contribution is 2.24. The molecule has 1 aromatic heterocycles. The van der Waals surface area contributed by atoms with Crippen LogP contribution in [0.15, 0.2) is 12.3 Å². The van der Waals surface area contributed by atoms with E-state index < -0.39 is 0 Å². The first kappa shape index (κ1) is 15.8. The highest BCUT2D eigenvalue weighted by molar-refractivity contribution is 5.99. The van der Waals surface area contributed by atoms with Crippen LogP contribution in [0.2, 0.25) is 0 Å². The van der Waals surface area contributed by atoms with Crippen molar-refractivity contribution in [2.24, 2.45) is 5.92 Å². The Balaban J connectivity index is 2.07. The van der Waals surface area contributed by atoms with Crippen molar-refractivity contribution in [1.82, 2.24) is 9.88 Å². The number of nitrogens with zero attached hydrogens (tertiary/aromatic N) is 2. The van der Waals surface area contributed by atoms with Crippen LogP contribution in [0, 0.1) is 12.8 Å². The molecule has 1 aromatic rings. The molecule has 21 heavy (non-hydrogen) atoms. The number of aromatic nitrogens is 1. The third-order valence-electron chi connectivity index (χ3n) is 4.24. The zero-order chi connectivity index (χ0) is 15.2. The number of anilines is 1. The Kier molecular flexibility index (Phi) is 5.59. The van der Waals surface area contributed by atoms with E-state index >= 15 is 0 Å². The highest BCUT2D eigenvalue weighted by atomic mass is 16.2. The lowest BCUT2D eigenvalue weighted by Gasteiger charge is -2.32. The Morgan fingerprint density at radius 1 is 1.38 bits per heavy atom. The lowest BCUT2D eigenvalue weighted by atomic mass is 9.92. The van der Waals surface area contributed by atoms with Gasteiger partial charge < -0.3 is 10.2 Å². The number of hydrogen-bond donors (Lipinski definition) is 1. The minimum absolute atomic E-state index is 0.119. The molecule has 1 aliphatic rings. The van der Waals surface area contributed by atoms with Gasteiger partial charge in [-0.3, -0.25) is 9.78 Å². The summed E-state index contributed by atoms with van der Waals surface area (Å²) in [5.41, 5.74) is 2.55. The van der Waals surface area contributed by atoms with E-state index in [0.29, 0.717) is 5.56 Å². The number of aryl methyl sites for hydroxylation is 1. The van der Waals surface area contributed by atoms with Crippen LogP contribution >= 0.6 is 0 Å². The van der Waals surface area contributed by atoms with Gasteiger partial charge in [-0.15, -0.1) is 0 Å². The molecule has 2 rings (SSSR count). The fourth-order valence-corrected chi connectivity index (χ4v) is 3.07. The van der Waals surface area contributed by atoms with Crippen molar-refractivity contribution in [3.05, 3.63) is 23.5 Å². The van der Waals surface area contributed by atoms with E-state index in [1.807, 2.05) is 24.8 Å². The average molecular weight is 289 g/mol. The minimum Gasteiger partial charge on any atom is -0.385 e. The molecule has 1 saturated heterocycles. The van der Waals surface area contributed by atoms with Gasteiger partial charge in [0.25, 0.3) is 5.91 Å². The summed E-state index contributed by atoms with van der Waals surface area (Å²) in [6.07, 6.45) is 6.51. The first-order valence-electron chi connectivity index (χ1n) is 8.15. The Morgan fingerprint density at radius 2 is 2.10 bits per heavy atom. The van der Waals surface area contributed by atoms with E-state index in [0.717, 1.165) is 49.8 Å². The summed E-state index contributed by atoms with van der Waals surface area (Å²) in [6.45, 7) is 8.79. The quantitative estimate of drug-likeness (QED) is 0.902. The summed E-state index contributed by atoms with van der Waals surface area (Å²) in [5.74, 6) is 0.914. The van der Waals surface area contributed by atoms with Crippen molar-refractivity contribution in [3.63, 3.8) is 0 Å². The minimum atomic E-state index is 0.119. The lowest BCUT2D eigenvalue weighted by Crippen LogP contribution is -2.38. The number of carbonyl (C=O) groups is 1. The molecule has 0 bridgehead atoms. The van der Waals surface area contributed by atoms with Crippen LogP contribution in [0.1, 0.15) is 55.6 Å². The van der Waals surface area contributed by atoms with Crippen molar-refractivity contribution < 1.29 is 4.79 Å². The summed E-state index contributed by atoms with van der Waals surface area (Å²) in [7, 11) is 0. The van der Waals surface area contributed by atoms with Crippen molar-refractivity contribution in [1.29, 1.82) is 0 Å². The fraction of sp³-hybridized carbons (Fsp3) is 0.647. The van der Waals surface area contributed by atoms with Gasteiger partial charge in [-0.2, -0.15) is 0 Å². The first-order valence-corrected chi connectivity index (χ1v) is 8.15. The van der Waals surface area contributed by atoms with Crippen LogP contribution in [-0.2, 0) is 0 Å². The second kappa shape index (κ2) is 7.43. The summed E-state index contributed by atoms with van der Waals surface area (Å²) in [6, 6.07) is 1.96. The van der Waals surface area contributed by atoms with Gasteiger partial charge in [0, 0.05) is 31.5 Å². The predicted octanol–water partition coefficient (Wildman–Crippen LogP) is 3.47. The Hall–Kier alpha value is -1.58. The van der Waals surface area contributed by atoms with Gasteiger partial charge in [0.1, 0.15) is 0 Å². The van der Waals surface area contributed by atoms with Crippen LogP contribution in [0.25, 0.3) is 0 Å². The largest absolute Gasteiger partial charge is 0.385 e. The number of pyridine rings is 1. The molecule has 0 unspecified atom stereocenters. The molecule has 0 radical (unpaired) electrons. The summed E-state index contributed by atoms with van der Waals surface area (Å²) >= 11 is 0. The molecule has 116 valence electrons. The van der Waals surface area contributed by atoms with Crippen molar-refractivity contribution in [3.8, 4) is 0 Å². The van der Waals surface area contributed by atoms with E-state index in [4.69, 9.17) is 0 Å². The average Bonchev–Trinajstić information content (AvgIpc) is 2.48. The summed E-state index contributed by atoms with van der Waals surface area (Å²) in [4.78, 5) is 19.0. The van der Waals surface area contributed by atoms with Gasteiger partial charge in [-0.05, 0) is 38.7 Å². The van der Waals surface area contributed by atoms with Gasteiger partial charge in [0.2, 0.25) is 0 Å². The SMILES string of the molecule is CCCC1CCN(C(=O)c2cnc(C)cc2NCC)CC1. The van der Waals surface area contributed by atoms with Gasteiger partial charge in [-0.25, -0.2) is 0 Å². The Morgan fingerprint density at radius 3 is 2.71 bits per heavy atom. The number of hydrogen-bond acceptors (Lipinski definition) is 3. The van der Waals surface area contributed by atoms with Crippen LogP contribution in [-0.4, -0.2) is 35.4 Å². The topological polar surface area (TPSA) is 45.2 Å². The van der Waals surface area contributed by atoms with E-state index in [-0.39, 0.29) is 5.91 Å². The first-order chi connectivity index (χ1) is 10.2. The van der Waals surface area contributed by atoms with Gasteiger partial charge in [0.05, 0.1) is 11.3 Å². The van der Waals surface area contributed by atoms with Gasteiger partial charge in [-0.1, -0.05) is 19.8 Å². The molecule has 2 heterocycles. The molecule has 1 amide bonds. The normalized spacial score (nSPS) is 16.0. The van der Waals surface area contributed by atoms with Crippen LogP contribution in [0.4, 0.5) is 5.69 Å². The van der Waals surface area contributed by atoms with Gasteiger partial charge in [0.15, 0.2) is 0 Å². The van der Waals surface area contributed by atoms with Gasteiger partial charge >= 0.3 is 0 Å². The Labute approximate surface area is 127 Å². The fourth-order valence-electron chi connectivity index (χ4n) is 3.07. The zero-order valence-corrected chi connectivity index (χ0v) is 13.5. The maximum Gasteiger partial charge on any atom is 0.257 e. The number of rotatable bonds is 5. The number of amides is 1. The van der Waals surface area contributed by atoms with Crippen molar-refractivity contribution >= 4 is 11.6 Å². The van der Waals surface area contributed by atoms with Crippen molar-refractivity contribution in [2.75, 3.05) is 25.0 Å². The van der Waals surface area contributed by atoms with Crippen molar-refractivity contribution in [2.45, 2.75) is 46.5 Å². The lowest BCUT2D eigenvalue weighted by molar-refractivity contribution is 0.0687. The number of nitrogens with one attached hydrogen (secondary N) is 1. The monoisotopic (exact) mass is 289 g/mol. The molecular formula is C17H27N3O. The third-order valence-corrected chi connectivity index (χ3v) is 4.24.